The van der Waals surface area contributed by atoms with Crippen LogP contribution in [-0.4, -0.2) is 63.1 Å². The Morgan fingerprint density at radius 1 is 0.978 bits per heavy atom. The summed E-state index contributed by atoms with van der Waals surface area (Å²) in [6.45, 7) is 7.41. The Labute approximate surface area is 268 Å². The number of amides is 4. The van der Waals surface area contributed by atoms with E-state index in [1.54, 1.807) is 24.6 Å². The predicted octanol–water partition coefficient (Wildman–Crippen LogP) is 4.01. The van der Waals surface area contributed by atoms with Gasteiger partial charge in [0.2, 0.25) is 11.7 Å². The summed E-state index contributed by atoms with van der Waals surface area (Å²) in [5.74, 6) is -1.22. The first-order valence-electron chi connectivity index (χ1n) is 14.7. The van der Waals surface area contributed by atoms with Crippen LogP contribution in [0.5, 0.6) is 0 Å². The molecule has 1 aliphatic rings. The van der Waals surface area contributed by atoms with Gasteiger partial charge in [0.05, 0.1) is 24.3 Å². The Bertz CT molecular complexity index is 1680. The molecule has 4 aromatic rings. The third-order valence-electron chi connectivity index (χ3n) is 7.25. The van der Waals surface area contributed by atoms with Gasteiger partial charge in [-0.2, -0.15) is 0 Å². The Hall–Kier alpha value is -4.43. The van der Waals surface area contributed by atoms with Crippen molar-refractivity contribution in [1.82, 2.24) is 35.8 Å². The standard InChI is InChI=1S/C31H35N7O5S2/c1-17(2)25-30-36-22(15-45-30)27(40)32-11-8-12-38(31(42)26-18(3)33-19(4)43-26)14-24(39)34-21(13-20-9-6-5-7-10-20)29-35-23(16-44-29)28(41)37-25/h5-7,9-10,15-17,21,25H,8,11-14H2,1-4H3,(H,32,40)(H,34,39)(H,37,41)/t21-,25-/m0/s1. The van der Waals surface area contributed by atoms with Gasteiger partial charge < -0.3 is 25.3 Å². The number of nitrogens with zero attached hydrogens (tertiary/aromatic N) is 4. The van der Waals surface area contributed by atoms with Crippen molar-refractivity contribution in [2.75, 3.05) is 19.6 Å². The maximum atomic E-state index is 13.5. The van der Waals surface area contributed by atoms with Gasteiger partial charge in [0.1, 0.15) is 21.4 Å². The van der Waals surface area contributed by atoms with Gasteiger partial charge in [-0.05, 0) is 31.2 Å². The van der Waals surface area contributed by atoms with E-state index in [0.717, 1.165) is 5.56 Å². The number of hydrogen-bond donors (Lipinski definition) is 3. The van der Waals surface area contributed by atoms with Crippen molar-refractivity contribution in [1.29, 1.82) is 0 Å². The van der Waals surface area contributed by atoms with Crippen LogP contribution < -0.4 is 16.0 Å². The molecule has 0 spiro atoms. The maximum absolute atomic E-state index is 13.5. The summed E-state index contributed by atoms with van der Waals surface area (Å²) in [5.41, 5.74) is 1.86. The van der Waals surface area contributed by atoms with Crippen LogP contribution in [-0.2, 0) is 11.2 Å². The van der Waals surface area contributed by atoms with Crippen molar-refractivity contribution in [3.63, 3.8) is 0 Å². The quantitative estimate of drug-likeness (QED) is 0.299. The first kappa shape index (κ1) is 32.0. The van der Waals surface area contributed by atoms with Gasteiger partial charge in [0.25, 0.3) is 17.7 Å². The lowest BCUT2D eigenvalue weighted by Crippen LogP contribution is -2.43. The fourth-order valence-electron chi connectivity index (χ4n) is 4.97. The lowest BCUT2D eigenvalue weighted by Gasteiger charge is -2.23. The second-order valence-corrected chi connectivity index (χ2v) is 12.9. The Kier molecular flexibility index (Phi) is 10.0. The van der Waals surface area contributed by atoms with Crippen molar-refractivity contribution in [2.45, 2.75) is 52.6 Å². The smallest absolute Gasteiger partial charge is 0.292 e. The normalized spacial score (nSPS) is 18.4. The third-order valence-corrected chi connectivity index (χ3v) is 9.14. The number of benzene rings is 1. The van der Waals surface area contributed by atoms with Gasteiger partial charge >= 0.3 is 0 Å². The molecule has 0 aliphatic carbocycles. The van der Waals surface area contributed by atoms with Crippen molar-refractivity contribution >= 4 is 46.3 Å². The predicted molar refractivity (Wildman–Crippen MR) is 169 cm³/mol. The molecule has 1 aromatic carbocycles. The molecule has 0 saturated heterocycles. The second kappa shape index (κ2) is 14.1. The van der Waals surface area contributed by atoms with E-state index in [1.165, 1.54) is 27.6 Å². The van der Waals surface area contributed by atoms with E-state index in [9.17, 15) is 19.2 Å². The number of carbonyl (C=O) groups is 4. The van der Waals surface area contributed by atoms with E-state index in [2.05, 4.69) is 30.9 Å². The summed E-state index contributed by atoms with van der Waals surface area (Å²) >= 11 is 2.58. The highest BCUT2D eigenvalue weighted by Crippen LogP contribution is 2.27. The first-order valence-corrected chi connectivity index (χ1v) is 16.4. The molecule has 2 atom stereocenters. The van der Waals surface area contributed by atoms with Crippen LogP contribution in [0, 0.1) is 19.8 Å². The van der Waals surface area contributed by atoms with Crippen molar-refractivity contribution < 1.29 is 23.6 Å². The van der Waals surface area contributed by atoms with Crippen LogP contribution in [0.2, 0.25) is 0 Å². The molecule has 4 amide bonds. The number of fused-ring (bicyclic) bond motifs is 4. The number of aryl methyl sites for hydroxylation is 2. The number of oxazole rings is 1. The Morgan fingerprint density at radius 3 is 2.36 bits per heavy atom. The molecule has 0 radical (unpaired) electrons. The number of carbonyl (C=O) groups excluding carboxylic acids is 4. The molecule has 0 saturated carbocycles. The van der Waals surface area contributed by atoms with Gasteiger partial charge in [0.15, 0.2) is 5.89 Å². The fraction of sp³-hybridized carbons (Fsp3) is 0.387. The van der Waals surface area contributed by atoms with Crippen molar-refractivity contribution in [3.8, 4) is 0 Å². The molecule has 236 valence electrons. The topological polar surface area (TPSA) is 159 Å². The zero-order valence-electron chi connectivity index (χ0n) is 25.5. The molecule has 1 aliphatic heterocycles. The van der Waals surface area contributed by atoms with E-state index in [-0.39, 0.29) is 54.5 Å². The molecular formula is C31H35N7O5S2. The first-order chi connectivity index (χ1) is 21.6. The van der Waals surface area contributed by atoms with Crippen LogP contribution in [0.4, 0.5) is 0 Å². The molecule has 14 heteroatoms. The Balaban J connectivity index is 1.48. The van der Waals surface area contributed by atoms with Crippen LogP contribution >= 0.6 is 22.7 Å². The minimum absolute atomic E-state index is 0.00588. The summed E-state index contributed by atoms with van der Waals surface area (Å²) in [4.78, 5) is 68.1. The van der Waals surface area contributed by atoms with E-state index in [0.29, 0.717) is 34.4 Å². The van der Waals surface area contributed by atoms with Gasteiger partial charge in [-0.1, -0.05) is 44.2 Å². The van der Waals surface area contributed by atoms with Gasteiger partial charge in [-0.15, -0.1) is 22.7 Å². The minimum atomic E-state index is -0.554. The number of hydrogen-bond acceptors (Lipinski definition) is 10. The summed E-state index contributed by atoms with van der Waals surface area (Å²) in [6.07, 6.45) is 0.805. The number of thiazole rings is 2. The second-order valence-electron chi connectivity index (χ2n) is 11.1. The van der Waals surface area contributed by atoms with Crippen LogP contribution in [0.15, 0.2) is 45.5 Å². The SMILES string of the molecule is Cc1nc(C)c(C(=O)N2CCCNC(=O)c3csc(n3)[C@H](C(C)C)NC(=O)c3csc(n3)[C@H](Cc3ccccc3)NC(=O)C2)o1. The molecule has 45 heavy (non-hydrogen) atoms. The molecule has 3 aromatic heterocycles. The number of rotatable bonds is 4. The highest BCUT2D eigenvalue weighted by molar-refractivity contribution is 7.10. The van der Waals surface area contributed by atoms with Crippen molar-refractivity contribution in [3.05, 3.63) is 85.4 Å². The van der Waals surface area contributed by atoms with E-state index in [4.69, 9.17) is 4.42 Å². The molecule has 0 unspecified atom stereocenters. The van der Waals surface area contributed by atoms with E-state index >= 15 is 0 Å². The van der Waals surface area contributed by atoms with Crippen LogP contribution in [0.3, 0.4) is 0 Å². The highest BCUT2D eigenvalue weighted by atomic mass is 32.1. The van der Waals surface area contributed by atoms with Gasteiger partial charge in [-0.3, -0.25) is 19.2 Å². The monoisotopic (exact) mass is 649 g/mol. The molecule has 12 nitrogen and oxygen atoms in total. The molecule has 3 N–H and O–H groups in total. The highest BCUT2D eigenvalue weighted by Gasteiger charge is 2.29. The lowest BCUT2D eigenvalue weighted by molar-refractivity contribution is -0.122. The number of nitrogens with one attached hydrogen (secondary N) is 3. The minimum Gasteiger partial charge on any atom is -0.436 e. The van der Waals surface area contributed by atoms with E-state index in [1.807, 2.05) is 44.2 Å². The molecule has 5 rings (SSSR count). The average molecular weight is 650 g/mol. The summed E-state index contributed by atoms with van der Waals surface area (Å²) in [5, 5.41) is 13.4. The third kappa shape index (κ3) is 7.81. The lowest BCUT2D eigenvalue weighted by atomic mass is 10.0. The zero-order valence-corrected chi connectivity index (χ0v) is 27.1. The van der Waals surface area contributed by atoms with Crippen molar-refractivity contribution in [2.24, 2.45) is 5.92 Å². The zero-order chi connectivity index (χ0) is 32.1. The summed E-state index contributed by atoms with van der Waals surface area (Å²) in [6, 6.07) is 8.67. The van der Waals surface area contributed by atoms with Crippen LogP contribution in [0.1, 0.15) is 91.0 Å². The molecule has 4 bridgehead atoms. The Morgan fingerprint density at radius 2 is 1.67 bits per heavy atom. The molecule has 0 fully saturated rings. The summed E-state index contributed by atoms with van der Waals surface area (Å²) in [7, 11) is 0. The van der Waals surface area contributed by atoms with Crippen LogP contribution in [0.25, 0.3) is 0 Å². The molecule has 4 heterocycles. The number of aromatic nitrogens is 3. The molecular weight excluding hydrogens is 615 g/mol. The largest absolute Gasteiger partial charge is 0.436 e. The summed E-state index contributed by atoms with van der Waals surface area (Å²) < 4.78 is 5.57. The average Bonchev–Trinajstić information content (AvgIpc) is 3.77. The maximum Gasteiger partial charge on any atom is 0.292 e. The fourth-order valence-corrected chi connectivity index (χ4v) is 6.84. The van der Waals surface area contributed by atoms with Gasteiger partial charge in [-0.25, -0.2) is 15.0 Å². The van der Waals surface area contributed by atoms with E-state index < -0.39 is 23.9 Å². The van der Waals surface area contributed by atoms with Gasteiger partial charge in [0, 0.05) is 30.8 Å².